The van der Waals surface area contributed by atoms with Crippen molar-refractivity contribution in [3.63, 3.8) is 0 Å². The molecule has 0 aliphatic rings. The van der Waals surface area contributed by atoms with E-state index >= 15 is 0 Å². The van der Waals surface area contributed by atoms with Gasteiger partial charge in [0.1, 0.15) is 5.75 Å². The van der Waals surface area contributed by atoms with Crippen molar-refractivity contribution in [1.82, 2.24) is 10.9 Å². The summed E-state index contributed by atoms with van der Waals surface area (Å²) in [6.07, 6.45) is 0. The first-order valence-electron chi connectivity index (χ1n) is 10.1. The standard InChI is InChI=1S/C23H28N4O5/c1-13(2)20-7-6-14(3)8-21(20)32-12-22(30)26-27-23(31)17-9-18(24-15(4)28)11-19(10-17)25-16(5)29/h6-11,13H,12H2,1-5H3,(H,24,28)(H,25,29)(H,26,30)(H,27,31). The highest BCUT2D eigenvalue weighted by Crippen LogP contribution is 2.27. The van der Waals surface area contributed by atoms with Crippen LogP contribution < -0.4 is 26.2 Å². The number of carbonyl (C=O) groups excluding carboxylic acids is 4. The van der Waals surface area contributed by atoms with Gasteiger partial charge in [-0.25, -0.2) is 0 Å². The lowest BCUT2D eigenvalue weighted by atomic mass is 10.0. The van der Waals surface area contributed by atoms with Crippen LogP contribution in [0.4, 0.5) is 11.4 Å². The number of amides is 4. The van der Waals surface area contributed by atoms with Crippen LogP contribution in [-0.4, -0.2) is 30.2 Å². The summed E-state index contributed by atoms with van der Waals surface area (Å²) in [6.45, 7) is 8.35. The predicted molar refractivity (Wildman–Crippen MR) is 121 cm³/mol. The molecule has 0 atom stereocenters. The van der Waals surface area contributed by atoms with Crippen molar-refractivity contribution in [3.8, 4) is 5.75 Å². The smallest absolute Gasteiger partial charge is 0.276 e. The molecule has 0 heterocycles. The number of carbonyl (C=O) groups is 4. The van der Waals surface area contributed by atoms with E-state index in [9.17, 15) is 19.2 Å². The van der Waals surface area contributed by atoms with Gasteiger partial charge < -0.3 is 15.4 Å². The van der Waals surface area contributed by atoms with Crippen molar-refractivity contribution in [2.45, 2.75) is 40.5 Å². The molecule has 0 aliphatic heterocycles. The predicted octanol–water partition coefficient (Wildman–Crippen LogP) is 2.88. The number of rotatable bonds is 7. The highest BCUT2D eigenvalue weighted by Gasteiger charge is 2.13. The van der Waals surface area contributed by atoms with Crippen LogP contribution in [0.15, 0.2) is 36.4 Å². The van der Waals surface area contributed by atoms with E-state index in [0.717, 1.165) is 11.1 Å². The summed E-state index contributed by atoms with van der Waals surface area (Å²) in [7, 11) is 0. The van der Waals surface area contributed by atoms with Gasteiger partial charge in [-0.3, -0.25) is 30.0 Å². The number of hydrogen-bond donors (Lipinski definition) is 4. The van der Waals surface area contributed by atoms with Gasteiger partial charge in [0.05, 0.1) is 0 Å². The fourth-order valence-electron chi connectivity index (χ4n) is 2.93. The largest absolute Gasteiger partial charge is 0.483 e. The van der Waals surface area contributed by atoms with Crippen molar-refractivity contribution >= 4 is 35.0 Å². The highest BCUT2D eigenvalue weighted by atomic mass is 16.5. The zero-order valence-corrected chi connectivity index (χ0v) is 18.8. The van der Waals surface area contributed by atoms with Crippen molar-refractivity contribution in [1.29, 1.82) is 0 Å². The number of ether oxygens (including phenoxy) is 1. The Labute approximate surface area is 186 Å². The summed E-state index contributed by atoms with van der Waals surface area (Å²) >= 11 is 0. The molecule has 2 rings (SSSR count). The zero-order chi connectivity index (χ0) is 23.8. The monoisotopic (exact) mass is 440 g/mol. The first-order chi connectivity index (χ1) is 15.0. The number of aryl methyl sites for hydroxylation is 1. The molecule has 2 aromatic rings. The number of nitrogens with one attached hydrogen (secondary N) is 4. The normalized spacial score (nSPS) is 10.3. The lowest BCUT2D eigenvalue weighted by Gasteiger charge is -2.15. The fraction of sp³-hybridized carbons (Fsp3) is 0.304. The van der Waals surface area contributed by atoms with Crippen LogP contribution in [0.2, 0.25) is 0 Å². The minimum absolute atomic E-state index is 0.127. The Morgan fingerprint density at radius 2 is 1.47 bits per heavy atom. The van der Waals surface area contributed by atoms with Crippen LogP contribution in [0.3, 0.4) is 0 Å². The highest BCUT2D eigenvalue weighted by molar-refractivity contribution is 6.00. The zero-order valence-electron chi connectivity index (χ0n) is 18.8. The Kier molecular flexibility index (Phi) is 8.34. The summed E-state index contributed by atoms with van der Waals surface area (Å²) in [5.41, 5.74) is 7.36. The SMILES string of the molecule is CC(=O)Nc1cc(NC(C)=O)cc(C(=O)NNC(=O)COc2cc(C)ccc2C(C)C)c1. The molecule has 0 radical (unpaired) electrons. The van der Waals surface area contributed by atoms with Gasteiger partial charge >= 0.3 is 0 Å². The van der Waals surface area contributed by atoms with Crippen molar-refractivity contribution in [2.75, 3.05) is 17.2 Å². The molecule has 9 nitrogen and oxygen atoms in total. The molecular weight excluding hydrogens is 412 g/mol. The molecule has 0 saturated carbocycles. The lowest BCUT2D eigenvalue weighted by molar-refractivity contribution is -0.124. The van der Waals surface area contributed by atoms with Crippen LogP contribution in [0.1, 0.15) is 55.1 Å². The maximum absolute atomic E-state index is 12.5. The quantitative estimate of drug-likeness (QED) is 0.493. The second-order valence-electron chi connectivity index (χ2n) is 7.65. The first-order valence-corrected chi connectivity index (χ1v) is 10.1. The minimum atomic E-state index is -0.629. The van der Waals surface area contributed by atoms with E-state index in [1.807, 2.05) is 39.0 Å². The second-order valence-corrected chi connectivity index (χ2v) is 7.65. The Morgan fingerprint density at radius 3 is 2.00 bits per heavy atom. The average Bonchev–Trinajstić information content (AvgIpc) is 2.69. The molecule has 32 heavy (non-hydrogen) atoms. The molecule has 0 unspecified atom stereocenters. The third-order valence-corrected chi connectivity index (χ3v) is 4.30. The van der Waals surface area contributed by atoms with Gasteiger partial charge in [0.15, 0.2) is 6.61 Å². The second kappa shape index (κ2) is 10.9. The maximum Gasteiger partial charge on any atom is 0.276 e. The van der Waals surface area contributed by atoms with Crippen LogP contribution >= 0.6 is 0 Å². The van der Waals surface area contributed by atoms with E-state index in [2.05, 4.69) is 21.5 Å². The van der Waals surface area contributed by atoms with Gasteiger partial charge in [-0.1, -0.05) is 26.0 Å². The van der Waals surface area contributed by atoms with Crippen molar-refractivity contribution < 1.29 is 23.9 Å². The molecule has 9 heteroatoms. The summed E-state index contributed by atoms with van der Waals surface area (Å²) in [5, 5.41) is 5.12. The van der Waals surface area contributed by atoms with E-state index in [4.69, 9.17) is 4.74 Å². The Morgan fingerprint density at radius 1 is 0.875 bits per heavy atom. The fourth-order valence-corrected chi connectivity index (χ4v) is 2.93. The molecule has 0 spiro atoms. The molecule has 4 amide bonds. The van der Waals surface area contributed by atoms with Crippen molar-refractivity contribution in [2.24, 2.45) is 0 Å². The number of hydrazine groups is 1. The molecule has 0 fully saturated rings. The molecule has 0 aromatic heterocycles. The van der Waals surface area contributed by atoms with Gasteiger partial charge in [-0.2, -0.15) is 0 Å². The third kappa shape index (κ3) is 7.42. The van der Waals surface area contributed by atoms with Crippen LogP contribution in [0.5, 0.6) is 5.75 Å². The number of benzene rings is 2. The molecule has 0 bridgehead atoms. The van der Waals surface area contributed by atoms with Crippen molar-refractivity contribution in [3.05, 3.63) is 53.1 Å². The molecule has 4 N–H and O–H groups in total. The Bertz CT molecular complexity index is 999. The molecule has 0 aliphatic carbocycles. The van der Waals surface area contributed by atoms with Gasteiger partial charge in [-0.05, 0) is 48.2 Å². The van der Waals surface area contributed by atoms with Gasteiger partial charge in [0, 0.05) is 30.8 Å². The topological polar surface area (TPSA) is 126 Å². The summed E-state index contributed by atoms with van der Waals surface area (Å²) in [5.74, 6) is -1.01. The third-order valence-electron chi connectivity index (χ3n) is 4.30. The van der Waals surface area contributed by atoms with E-state index in [1.54, 1.807) is 0 Å². The Hall–Kier alpha value is -3.88. The molecule has 2 aromatic carbocycles. The van der Waals surface area contributed by atoms with Crippen LogP contribution in [-0.2, 0) is 14.4 Å². The summed E-state index contributed by atoms with van der Waals surface area (Å²) in [6, 6.07) is 10.2. The Balaban J connectivity index is 2.02. The number of anilines is 2. The van der Waals surface area contributed by atoms with E-state index < -0.39 is 11.8 Å². The number of hydrogen-bond acceptors (Lipinski definition) is 5. The average molecular weight is 441 g/mol. The van der Waals surface area contributed by atoms with E-state index in [-0.39, 0.29) is 29.9 Å². The molecule has 170 valence electrons. The minimum Gasteiger partial charge on any atom is -0.483 e. The molecule has 0 saturated heterocycles. The first kappa shape index (κ1) is 24.4. The van der Waals surface area contributed by atoms with Gasteiger partial charge in [-0.15, -0.1) is 0 Å². The maximum atomic E-state index is 12.5. The van der Waals surface area contributed by atoms with E-state index in [0.29, 0.717) is 17.1 Å². The lowest BCUT2D eigenvalue weighted by Crippen LogP contribution is -2.43. The van der Waals surface area contributed by atoms with Gasteiger partial charge in [0.25, 0.3) is 11.8 Å². The van der Waals surface area contributed by atoms with E-state index in [1.165, 1.54) is 32.0 Å². The van der Waals surface area contributed by atoms with Gasteiger partial charge in [0.2, 0.25) is 11.8 Å². The summed E-state index contributed by atoms with van der Waals surface area (Å²) in [4.78, 5) is 47.4. The molecular formula is C23H28N4O5. The summed E-state index contributed by atoms with van der Waals surface area (Å²) < 4.78 is 5.65. The van der Waals surface area contributed by atoms with Crippen LogP contribution in [0, 0.1) is 6.92 Å². The van der Waals surface area contributed by atoms with Crippen LogP contribution in [0.25, 0.3) is 0 Å².